The summed E-state index contributed by atoms with van der Waals surface area (Å²) in [7, 11) is -1.93. The maximum atomic E-state index is 12.9. The van der Waals surface area contributed by atoms with Crippen molar-refractivity contribution < 1.29 is 17.9 Å². The van der Waals surface area contributed by atoms with Crippen molar-refractivity contribution in [3.8, 4) is 5.75 Å². The number of ether oxygens (including phenoxy) is 1. The first kappa shape index (κ1) is 21.3. The van der Waals surface area contributed by atoms with Crippen molar-refractivity contribution in [1.82, 2.24) is 4.31 Å². The van der Waals surface area contributed by atoms with Gasteiger partial charge in [-0.25, -0.2) is 8.42 Å². The van der Waals surface area contributed by atoms with E-state index in [9.17, 15) is 13.2 Å². The minimum Gasteiger partial charge on any atom is -0.496 e. The molecule has 1 fully saturated rings. The number of para-hydroxylation sites is 1. The van der Waals surface area contributed by atoms with Crippen LogP contribution in [-0.4, -0.2) is 38.8 Å². The van der Waals surface area contributed by atoms with Gasteiger partial charge in [-0.2, -0.15) is 4.31 Å². The predicted octanol–water partition coefficient (Wildman–Crippen LogP) is 3.75. The average Bonchev–Trinajstić information content (AvgIpc) is 2.74. The molecule has 7 heteroatoms. The number of benzene rings is 2. The number of methoxy groups -OCH3 is 1. The van der Waals surface area contributed by atoms with Crippen molar-refractivity contribution in [2.75, 3.05) is 25.5 Å². The van der Waals surface area contributed by atoms with Crippen LogP contribution in [0.15, 0.2) is 47.4 Å². The molecule has 29 heavy (non-hydrogen) atoms. The summed E-state index contributed by atoms with van der Waals surface area (Å²) in [6.45, 7) is 2.96. The number of aryl methyl sites for hydroxylation is 2. The van der Waals surface area contributed by atoms with Gasteiger partial charge in [-0.05, 0) is 55.5 Å². The minimum absolute atomic E-state index is 0.161. The van der Waals surface area contributed by atoms with E-state index < -0.39 is 10.0 Å². The molecule has 1 amide bonds. The van der Waals surface area contributed by atoms with Crippen LogP contribution in [0.3, 0.4) is 0 Å². The van der Waals surface area contributed by atoms with Gasteiger partial charge in [0.05, 0.1) is 12.0 Å². The Kier molecular flexibility index (Phi) is 6.92. The Morgan fingerprint density at radius 2 is 1.83 bits per heavy atom. The number of piperidine rings is 1. The fourth-order valence-electron chi connectivity index (χ4n) is 3.52. The molecule has 156 valence electrons. The van der Waals surface area contributed by atoms with Crippen molar-refractivity contribution in [3.05, 3.63) is 53.6 Å². The molecular formula is C22H28N2O4S. The van der Waals surface area contributed by atoms with Gasteiger partial charge >= 0.3 is 0 Å². The van der Waals surface area contributed by atoms with Crippen LogP contribution in [0.5, 0.6) is 5.75 Å². The third-order valence-corrected chi connectivity index (χ3v) is 7.14. The number of hydrogen-bond acceptors (Lipinski definition) is 4. The largest absolute Gasteiger partial charge is 0.496 e. The first-order valence-corrected chi connectivity index (χ1v) is 11.4. The van der Waals surface area contributed by atoms with Gasteiger partial charge in [0.1, 0.15) is 5.75 Å². The molecule has 1 saturated heterocycles. The summed E-state index contributed by atoms with van der Waals surface area (Å²) >= 11 is 0. The normalized spacial score (nSPS) is 15.1. The highest BCUT2D eigenvalue weighted by Gasteiger charge is 2.26. The Bertz CT molecular complexity index is 967. The van der Waals surface area contributed by atoms with Crippen LogP contribution in [-0.2, 0) is 21.2 Å². The van der Waals surface area contributed by atoms with E-state index in [1.165, 1.54) is 4.31 Å². The Balaban J connectivity index is 1.70. The maximum Gasteiger partial charge on any atom is 0.243 e. The van der Waals surface area contributed by atoms with Crippen LogP contribution >= 0.6 is 0 Å². The lowest BCUT2D eigenvalue weighted by atomic mass is 10.1. The average molecular weight is 417 g/mol. The van der Waals surface area contributed by atoms with Gasteiger partial charge in [-0.15, -0.1) is 0 Å². The molecule has 2 aromatic rings. The number of carbonyl (C=O) groups excluding carboxylic acids is 1. The third kappa shape index (κ3) is 5.16. The molecule has 0 unspecified atom stereocenters. The summed E-state index contributed by atoms with van der Waals surface area (Å²) in [5.74, 6) is 0.595. The SMILES string of the molecule is COc1ccccc1CCC(=O)Nc1cc(S(=O)(=O)N2CCCCC2)ccc1C. The lowest BCUT2D eigenvalue weighted by Gasteiger charge is -2.26. The minimum atomic E-state index is -3.54. The Morgan fingerprint density at radius 3 is 2.55 bits per heavy atom. The molecule has 1 heterocycles. The van der Waals surface area contributed by atoms with Crippen molar-refractivity contribution in [2.45, 2.75) is 43.9 Å². The number of carbonyl (C=O) groups is 1. The Hall–Kier alpha value is -2.38. The number of amides is 1. The molecule has 1 aliphatic heterocycles. The zero-order valence-electron chi connectivity index (χ0n) is 17.0. The first-order valence-electron chi connectivity index (χ1n) is 9.94. The van der Waals surface area contributed by atoms with Crippen LogP contribution in [0.25, 0.3) is 0 Å². The first-order chi connectivity index (χ1) is 13.9. The van der Waals surface area contributed by atoms with Crippen molar-refractivity contribution in [1.29, 1.82) is 0 Å². The van der Waals surface area contributed by atoms with Crippen molar-refractivity contribution in [2.24, 2.45) is 0 Å². The molecule has 6 nitrogen and oxygen atoms in total. The van der Waals surface area contributed by atoms with E-state index in [-0.39, 0.29) is 17.2 Å². The highest BCUT2D eigenvalue weighted by atomic mass is 32.2. The standard InChI is InChI=1S/C22H28N2O4S/c1-17-10-12-19(29(26,27)24-14-6-3-7-15-24)16-20(17)23-22(25)13-11-18-8-4-5-9-21(18)28-2/h4-5,8-10,12,16H,3,6-7,11,13-15H2,1-2H3,(H,23,25). The third-order valence-electron chi connectivity index (χ3n) is 5.25. The van der Waals surface area contributed by atoms with Gasteiger partial charge in [-0.1, -0.05) is 30.7 Å². The fourth-order valence-corrected chi connectivity index (χ4v) is 5.06. The predicted molar refractivity (Wildman–Crippen MR) is 114 cm³/mol. The molecular weight excluding hydrogens is 388 g/mol. The van der Waals surface area contributed by atoms with Gasteiger partial charge in [0.15, 0.2) is 0 Å². The van der Waals surface area contributed by atoms with E-state index in [4.69, 9.17) is 4.74 Å². The smallest absolute Gasteiger partial charge is 0.243 e. The highest BCUT2D eigenvalue weighted by molar-refractivity contribution is 7.89. The lowest BCUT2D eigenvalue weighted by molar-refractivity contribution is -0.116. The van der Waals surface area contributed by atoms with Crippen LogP contribution in [0.1, 0.15) is 36.8 Å². The van der Waals surface area contributed by atoms with E-state index in [1.807, 2.05) is 31.2 Å². The van der Waals surface area contributed by atoms with E-state index in [0.717, 1.165) is 36.1 Å². The highest BCUT2D eigenvalue weighted by Crippen LogP contribution is 2.25. The molecule has 1 N–H and O–H groups in total. The van der Waals surface area contributed by atoms with Crippen LogP contribution in [0.2, 0.25) is 0 Å². The fraction of sp³-hybridized carbons (Fsp3) is 0.409. The monoisotopic (exact) mass is 416 g/mol. The number of rotatable bonds is 7. The van der Waals surface area contributed by atoms with Gasteiger partial charge in [-0.3, -0.25) is 4.79 Å². The van der Waals surface area contributed by atoms with Gasteiger partial charge < -0.3 is 10.1 Å². The molecule has 3 rings (SSSR count). The second kappa shape index (κ2) is 9.41. The molecule has 2 aromatic carbocycles. The van der Waals surface area contributed by atoms with E-state index >= 15 is 0 Å². The van der Waals surface area contributed by atoms with E-state index in [0.29, 0.717) is 25.2 Å². The zero-order valence-corrected chi connectivity index (χ0v) is 17.8. The van der Waals surface area contributed by atoms with Gasteiger partial charge in [0.2, 0.25) is 15.9 Å². The summed E-state index contributed by atoms with van der Waals surface area (Å²) in [5.41, 5.74) is 2.32. The molecule has 0 aromatic heterocycles. The number of hydrogen-bond donors (Lipinski definition) is 1. The maximum absolute atomic E-state index is 12.9. The van der Waals surface area contributed by atoms with Gasteiger partial charge in [0, 0.05) is 25.2 Å². The number of nitrogens with one attached hydrogen (secondary N) is 1. The molecule has 0 radical (unpaired) electrons. The summed E-state index contributed by atoms with van der Waals surface area (Å²) < 4.78 is 32.7. The van der Waals surface area contributed by atoms with Crippen LogP contribution in [0.4, 0.5) is 5.69 Å². The molecule has 0 atom stereocenters. The van der Waals surface area contributed by atoms with Crippen LogP contribution < -0.4 is 10.1 Å². The zero-order chi connectivity index (χ0) is 20.9. The Morgan fingerprint density at radius 1 is 1.10 bits per heavy atom. The van der Waals surface area contributed by atoms with Crippen molar-refractivity contribution >= 4 is 21.6 Å². The summed E-state index contributed by atoms with van der Waals surface area (Å²) in [6, 6.07) is 12.5. The lowest BCUT2D eigenvalue weighted by Crippen LogP contribution is -2.35. The number of sulfonamides is 1. The Labute approximate surface area is 172 Å². The van der Waals surface area contributed by atoms with Crippen molar-refractivity contribution in [3.63, 3.8) is 0 Å². The molecule has 0 bridgehead atoms. The quantitative estimate of drug-likeness (QED) is 0.746. The van der Waals surface area contributed by atoms with Crippen LogP contribution in [0, 0.1) is 6.92 Å². The van der Waals surface area contributed by atoms with E-state index in [2.05, 4.69) is 5.32 Å². The molecule has 1 aliphatic rings. The second-order valence-electron chi connectivity index (χ2n) is 7.30. The summed E-state index contributed by atoms with van der Waals surface area (Å²) in [4.78, 5) is 12.7. The number of anilines is 1. The van der Waals surface area contributed by atoms with Gasteiger partial charge in [0.25, 0.3) is 0 Å². The molecule has 0 spiro atoms. The topological polar surface area (TPSA) is 75.7 Å². The summed E-state index contributed by atoms with van der Waals surface area (Å²) in [5, 5.41) is 2.87. The summed E-state index contributed by atoms with van der Waals surface area (Å²) in [6.07, 6.45) is 3.66. The van der Waals surface area contributed by atoms with E-state index in [1.54, 1.807) is 25.3 Å². The number of nitrogens with zero attached hydrogens (tertiary/aromatic N) is 1. The second-order valence-corrected chi connectivity index (χ2v) is 9.24. The molecule has 0 saturated carbocycles. The molecule has 0 aliphatic carbocycles.